The van der Waals surface area contributed by atoms with Crippen LogP contribution in [0.15, 0.2) is 24.8 Å². The van der Waals surface area contributed by atoms with Crippen molar-refractivity contribution in [3.8, 4) is 0 Å². The van der Waals surface area contributed by atoms with Crippen molar-refractivity contribution in [2.24, 2.45) is 0 Å². The van der Waals surface area contributed by atoms with Crippen molar-refractivity contribution in [2.75, 3.05) is 12.3 Å². The molecule has 0 aromatic carbocycles. The smallest absolute Gasteiger partial charge is 0.799 e. The SMILES string of the molecule is O=P([O-])(CC=CF)CC=CF.[Na+]. The molecule has 0 unspecified atom stereocenters. The van der Waals surface area contributed by atoms with E-state index in [1.807, 2.05) is 0 Å². The summed E-state index contributed by atoms with van der Waals surface area (Å²) in [5.41, 5.74) is 0. The van der Waals surface area contributed by atoms with Gasteiger partial charge in [0.25, 0.3) is 0 Å². The third-order valence-corrected chi connectivity index (χ3v) is 2.48. The van der Waals surface area contributed by atoms with Gasteiger partial charge in [-0.3, -0.25) is 0 Å². The summed E-state index contributed by atoms with van der Waals surface area (Å²) in [5.74, 6) is 0. The van der Waals surface area contributed by atoms with Gasteiger partial charge in [-0.2, -0.15) is 0 Å². The molecule has 2 nitrogen and oxygen atoms in total. The Hall–Kier alpha value is 0.530. The van der Waals surface area contributed by atoms with E-state index in [4.69, 9.17) is 0 Å². The molecule has 0 aromatic heterocycles. The summed E-state index contributed by atoms with van der Waals surface area (Å²) in [7, 11) is -3.63. The first-order chi connectivity index (χ1) is 5.12. The number of rotatable bonds is 4. The molecule has 0 radical (unpaired) electrons. The summed E-state index contributed by atoms with van der Waals surface area (Å²) < 4.78 is 33.4. The van der Waals surface area contributed by atoms with Crippen LogP contribution >= 0.6 is 7.37 Å². The fourth-order valence-electron chi connectivity index (χ4n) is 0.475. The minimum Gasteiger partial charge on any atom is -0.799 e. The van der Waals surface area contributed by atoms with Gasteiger partial charge in [0.2, 0.25) is 0 Å². The standard InChI is InChI=1S/C6H9F2O2P.Na/c7-3-1-5-11(9,10)6-2-4-8;/h1-4H,5-6H2,(H,9,10);/q;+1/p-1. The van der Waals surface area contributed by atoms with Gasteiger partial charge >= 0.3 is 29.6 Å². The molecule has 0 aromatic rings. The summed E-state index contributed by atoms with van der Waals surface area (Å²) in [6.45, 7) is 0. The van der Waals surface area contributed by atoms with Crippen LogP contribution in [0.5, 0.6) is 0 Å². The van der Waals surface area contributed by atoms with Crippen LogP contribution in [0.3, 0.4) is 0 Å². The number of hydrogen-bond donors (Lipinski definition) is 0. The average molecular weight is 204 g/mol. The maximum absolute atomic E-state index is 11.3. The van der Waals surface area contributed by atoms with E-state index in [1.54, 1.807) is 0 Å². The van der Waals surface area contributed by atoms with Crippen molar-refractivity contribution in [1.29, 1.82) is 0 Å². The Morgan fingerprint density at radius 2 is 1.50 bits per heavy atom. The Morgan fingerprint density at radius 3 is 1.75 bits per heavy atom. The molecule has 12 heavy (non-hydrogen) atoms. The summed E-state index contributed by atoms with van der Waals surface area (Å²) >= 11 is 0. The van der Waals surface area contributed by atoms with E-state index in [2.05, 4.69) is 0 Å². The van der Waals surface area contributed by atoms with Crippen molar-refractivity contribution >= 4 is 7.37 Å². The molecule has 0 saturated carbocycles. The topological polar surface area (TPSA) is 40.1 Å². The van der Waals surface area contributed by atoms with E-state index < -0.39 is 7.37 Å². The quantitative estimate of drug-likeness (QED) is 0.417. The van der Waals surface area contributed by atoms with Crippen molar-refractivity contribution < 1.29 is 47.8 Å². The number of allylic oxidation sites excluding steroid dienone is 2. The molecule has 0 rings (SSSR count). The second kappa shape index (κ2) is 8.14. The van der Waals surface area contributed by atoms with Crippen LogP contribution in [0.4, 0.5) is 8.78 Å². The zero-order valence-electron chi connectivity index (χ0n) is 6.74. The van der Waals surface area contributed by atoms with E-state index >= 15 is 0 Å². The molecular formula is C6H8F2NaO2P. The monoisotopic (exact) mass is 204 g/mol. The van der Waals surface area contributed by atoms with Gasteiger partial charge in [0, 0.05) is 19.7 Å². The van der Waals surface area contributed by atoms with Crippen LogP contribution in [0.25, 0.3) is 0 Å². The molecule has 0 N–H and O–H groups in total. The normalized spacial score (nSPS) is 16.2. The molecule has 64 valence electrons. The second-order valence-electron chi connectivity index (χ2n) is 1.90. The summed E-state index contributed by atoms with van der Waals surface area (Å²) in [5, 5.41) is 0. The fraction of sp³-hybridized carbons (Fsp3) is 0.333. The summed E-state index contributed by atoms with van der Waals surface area (Å²) in [6, 6.07) is 0. The molecule has 0 saturated heterocycles. The van der Waals surface area contributed by atoms with Crippen LogP contribution in [-0.4, -0.2) is 12.3 Å². The van der Waals surface area contributed by atoms with Gasteiger partial charge in [0.05, 0.1) is 12.7 Å². The molecule has 0 fully saturated rings. The Morgan fingerprint density at radius 1 is 1.17 bits per heavy atom. The molecule has 6 heteroatoms. The molecular weight excluding hydrogens is 196 g/mol. The van der Waals surface area contributed by atoms with Crippen LogP contribution in [0.1, 0.15) is 0 Å². The zero-order valence-corrected chi connectivity index (χ0v) is 9.64. The number of halogens is 2. The van der Waals surface area contributed by atoms with Crippen molar-refractivity contribution in [1.82, 2.24) is 0 Å². The predicted octanol–water partition coefficient (Wildman–Crippen LogP) is -1.40. The molecule has 0 amide bonds. The number of hydrogen-bond acceptors (Lipinski definition) is 2. The van der Waals surface area contributed by atoms with Crippen LogP contribution < -0.4 is 34.5 Å². The Balaban J connectivity index is 0. The first-order valence-corrected chi connectivity index (χ1v) is 4.91. The maximum Gasteiger partial charge on any atom is 1.00 e. The van der Waals surface area contributed by atoms with Gasteiger partial charge in [-0.25, -0.2) is 8.78 Å². The largest absolute Gasteiger partial charge is 1.00 e. The van der Waals surface area contributed by atoms with E-state index in [-0.39, 0.29) is 54.5 Å². The van der Waals surface area contributed by atoms with Crippen molar-refractivity contribution in [2.45, 2.75) is 0 Å². The molecule has 0 aliphatic rings. The minimum atomic E-state index is -3.63. The third kappa shape index (κ3) is 8.62. The molecule has 0 aliphatic heterocycles. The zero-order chi connectivity index (χ0) is 8.74. The minimum absolute atomic E-state index is 0. The molecule has 0 atom stereocenters. The predicted molar refractivity (Wildman–Crippen MR) is 37.8 cm³/mol. The molecule has 0 aliphatic carbocycles. The van der Waals surface area contributed by atoms with Crippen LogP contribution in [-0.2, 0) is 4.57 Å². The average Bonchev–Trinajstić information content (AvgIpc) is 1.97. The van der Waals surface area contributed by atoms with Gasteiger partial charge in [-0.05, 0) is 12.2 Å². The van der Waals surface area contributed by atoms with Crippen molar-refractivity contribution in [3.63, 3.8) is 0 Å². The van der Waals surface area contributed by atoms with E-state index in [0.717, 1.165) is 12.2 Å². The van der Waals surface area contributed by atoms with Gasteiger partial charge in [-0.1, -0.05) is 0 Å². The Kier molecular flexibility index (Phi) is 10.2. The summed E-state index contributed by atoms with van der Waals surface area (Å²) in [4.78, 5) is 10.7. The van der Waals surface area contributed by atoms with E-state index in [9.17, 15) is 18.2 Å². The van der Waals surface area contributed by atoms with Gasteiger partial charge in [0.1, 0.15) is 0 Å². The van der Waals surface area contributed by atoms with Crippen molar-refractivity contribution in [3.05, 3.63) is 24.8 Å². The molecule has 0 bridgehead atoms. The third-order valence-electron chi connectivity index (χ3n) is 0.945. The van der Waals surface area contributed by atoms with E-state index in [0.29, 0.717) is 0 Å². The Labute approximate surface area is 92.1 Å². The van der Waals surface area contributed by atoms with Crippen LogP contribution in [0, 0.1) is 0 Å². The van der Waals surface area contributed by atoms with Crippen LogP contribution in [0.2, 0.25) is 0 Å². The van der Waals surface area contributed by atoms with E-state index in [1.165, 1.54) is 0 Å². The summed E-state index contributed by atoms with van der Waals surface area (Å²) in [6.07, 6.45) is 1.33. The Bertz CT molecular complexity index is 188. The molecule has 0 spiro atoms. The fourth-order valence-corrected chi connectivity index (χ4v) is 1.43. The first-order valence-electron chi connectivity index (χ1n) is 2.92. The first kappa shape index (κ1) is 15.0. The van der Waals surface area contributed by atoms with Gasteiger partial charge in [-0.15, -0.1) is 0 Å². The van der Waals surface area contributed by atoms with Gasteiger partial charge in [0.15, 0.2) is 0 Å². The molecule has 0 heterocycles. The maximum atomic E-state index is 11.3. The van der Waals surface area contributed by atoms with Gasteiger partial charge < -0.3 is 9.46 Å². The second-order valence-corrected chi connectivity index (χ2v) is 4.26.